The Bertz CT molecular complexity index is 855. The Labute approximate surface area is 161 Å². The fraction of sp³-hybridized carbons (Fsp3) is 0.316. The lowest BCUT2D eigenvalue weighted by Gasteiger charge is -2.36. The highest BCUT2D eigenvalue weighted by Crippen LogP contribution is 2.38. The summed E-state index contributed by atoms with van der Waals surface area (Å²) in [4.78, 5) is 16.2. The zero-order chi connectivity index (χ0) is 19.6. The van der Waals surface area contributed by atoms with E-state index in [1.165, 1.54) is 13.2 Å². The number of ether oxygens (including phenoxy) is 2. The number of benzene rings is 2. The van der Waals surface area contributed by atoms with Gasteiger partial charge in [-0.15, -0.1) is 0 Å². The second-order valence-electron chi connectivity index (χ2n) is 6.07. The molecule has 3 rings (SSSR count). The summed E-state index contributed by atoms with van der Waals surface area (Å²) in [5.41, 5.74) is 0.951. The van der Waals surface area contributed by atoms with Crippen LogP contribution >= 0.6 is 11.6 Å². The van der Waals surface area contributed by atoms with Gasteiger partial charge in [-0.1, -0.05) is 11.6 Å². The van der Waals surface area contributed by atoms with Crippen LogP contribution in [0.15, 0.2) is 30.3 Å². The second kappa shape index (κ2) is 8.00. The van der Waals surface area contributed by atoms with Crippen LogP contribution in [-0.2, 0) is 0 Å². The van der Waals surface area contributed by atoms with Crippen molar-refractivity contribution in [1.29, 1.82) is 0 Å². The Hall–Kier alpha value is -2.54. The van der Waals surface area contributed by atoms with Crippen molar-refractivity contribution in [2.45, 2.75) is 0 Å². The molecule has 0 aromatic heterocycles. The van der Waals surface area contributed by atoms with Gasteiger partial charge in [0.25, 0.3) is 5.91 Å². The van der Waals surface area contributed by atoms with Crippen LogP contribution in [0.25, 0.3) is 0 Å². The molecule has 1 aliphatic heterocycles. The maximum absolute atomic E-state index is 13.4. The molecule has 0 unspecified atom stereocenters. The molecule has 5 nitrogen and oxygen atoms in total. The predicted molar refractivity (Wildman–Crippen MR) is 99.0 cm³/mol. The summed E-state index contributed by atoms with van der Waals surface area (Å²) in [5.74, 6) is -1.18. The molecule has 27 heavy (non-hydrogen) atoms. The lowest BCUT2D eigenvalue weighted by Crippen LogP contribution is -2.48. The Morgan fingerprint density at radius 3 is 2.22 bits per heavy atom. The number of hydrogen-bond acceptors (Lipinski definition) is 4. The molecule has 8 heteroatoms. The molecule has 0 saturated carbocycles. The van der Waals surface area contributed by atoms with Crippen LogP contribution in [0.2, 0.25) is 5.02 Å². The molecule has 0 spiro atoms. The van der Waals surface area contributed by atoms with Gasteiger partial charge in [0.1, 0.15) is 11.5 Å². The number of nitrogens with zero attached hydrogens (tertiary/aromatic N) is 2. The van der Waals surface area contributed by atoms with E-state index in [1.54, 1.807) is 24.1 Å². The number of rotatable bonds is 4. The van der Waals surface area contributed by atoms with E-state index in [0.29, 0.717) is 42.7 Å². The molecule has 0 aliphatic carbocycles. The van der Waals surface area contributed by atoms with E-state index in [9.17, 15) is 13.6 Å². The average Bonchev–Trinajstić information content (AvgIpc) is 2.69. The number of piperazine rings is 1. The van der Waals surface area contributed by atoms with Crippen LogP contribution in [0.5, 0.6) is 11.5 Å². The monoisotopic (exact) mass is 396 g/mol. The van der Waals surface area contributed by atoms with Gasteiger partial charge < -0.3 is 19.3 Å². The Morgan fingerprint density at radius 1 is 0.963 bits per heavy atom. The van der Waals surface area contributed by atoms with Gasteiger partial charge in [-0.05, 0) is 18.2 Å². The predicted octanol–water partition coefficient (Wildman–Crippen LogP) is 3.60. The highest BCUT2D eigenvalue weighted by Gasteiger charge is 2.25. The van der Waals surface area contributed by atoms with Gasteiger partial charge in [0.15, 0.2) is 11.6 Å². The van der Waals surface area contributed by atoms with E-state index in [2.05, 4.69) is 4.90 Å². The molecule has 0 N–H and O–H groups in total. The van der Waals surface area contributed by atoms with Crippen molar-refractivity contribution in [3.63, 3.8) is 0 Å². The summed E-state index contributed by atoms with van der Waals surface area (Å²) >= 11 is 6.14. The smallest absolute Gasteiger partial charge is 0.254 e. The highest BCUT2D eigenvalue weighted by atomic mass is 35.5. The first-order valence-electron chi connectivity index (χ1n) is 8.35. The number of anilines is 1. The van der Waals surface area contributed by atoms with E-state index in [1.807, 2.05) is 0 Å². The van der Waals surface area contributed by atoms with E-state index in [4.69, 9.17) is 21.1 Å². The van der Waals surface area contributed by atoms with E-state index >= 15 is 0 Å². The summed E-state index contributed by atoms with van der Waals surface area (Å²) in [5, 5.41) is 0.449. The largest absolute Gasteiger partial charge is 0.495 e. The molecule has 0 atom stereocenters. The molecule has 1 fully saturated rings. The lowest BCUT2D eigenvalue weighted by molar-refractivity contribution is 0.0746. The van der Waals surface area contributed by atoms with Crippen LogP contribution in [0.3, 0.4) is 0 Å². The summed E-state index contributed by atoms with van der Waals surface area (Å²) in [6, 6.07) is 6.67. The van der Waals surface area contributed by atoms with Gasteiger partial charge in [0.2, 0.25) is 0 Å². The second-order valence-corrected chi connectivity index (χ2v) is 6.47. The number of amides is 1. The molecular weight excluding hydrogens is 378 g/mol. The Kier molecular flexibility index (Phi) is 5.70. The SMILES string of the molecule is COc1cc(N2CCN(C(=O)c3ccc(F)c(F)c3)CC2)c(OC)cc1Cl. The molecule has 1 saturated heterocycles. The number of halogens is 3. The van der Waals surface area contributed by atoms with Gasteiger partial charge in [-0.3, -0.25) is 4.79 Å². The Morgan fingerprint density at radius 2 is 1.63 bits per heavy atom. The maximum atomic E-state index is 13.4. The Balaban J connectivity index is 1.73. The van der Waals surface area contributed by atoms with E-state index in [-0.39, 0.29) is 11.5 Å². The third-order valence-corrected chi connectivity index (χ3v) is 4.82. The number of carbonyl (C=O) groups excluding carboxylic acids is 1. The standard InChI is InChI=1S/C19H19ClF2N2O3/c1-26-17-11-16(18(27-2)10-13(17)20)23-5-7-24(8-6-23)19(25)12-3-4-14(21)15(22)9-12/h3-4,9-11H,5-8H2,1-2H3. The van der Waals surface area contributed by atoms with Crippen LogP contribution in [0.1, 0.15) is 10.4 Å². The highest BCUT2D eigenvalue weighted by molar-refractivity contribution is 6.32. The first kappa shape index (κ1) is 19.2. The lowest BCUT2D eigenvalue weighted by atomic mass is 10.1. The molecule has 0 bridgehead atoms. The summed E-state index contributed by atoms with van der Waals surface area (Å²) in [7, 11) is 3.10. The molecule has 1 heterocycles. The first-order valence-corrected chi connectivity index (χ1v) is 8.73. The minimum absolute atomic E-state index is 0.132. The number of carbonyl (C=O) groups is 1. The number of methoxy groups -OCH3 is 2. The fourth-order valence-electron chi connectivity index (χ4n) is 3.05. The van der Waals surface area contributed by atoms with Crippen LogP contribution in [0, 0.1) is 11.6 Å². The van der Waals surface area contributed by atoms with Crippen molar-refractivity contribution in [1.82, 2.24) is 4.90 Å². The van der Waals surface area contributed by atoms with Gasteiger partial charge in [0, 0.05) is 43.9 Å². The summed E-state index contributed by atoms with van der Waals surface area (Å²) in [6.07, 6.45) is 0. The van der Waals surface area contributed by atoms with Crippen molar-refractivity contribution < 1.29 is 23.0 Å². The molecule has 1 aliphatic rings. The van der Waals surface area contributed by atoms with E-state index in [0.717, 1.165) is 17.8 Å². The van der Waals surface area contributed by atoms with Crippen LogP contribution in [-0.4, -0.2) is 51.2 Å². The molecule has 0 radical (unpaired) electrons. The minimum atomic E-state index is -1.03. The molecule has 2 aromatic rings. The third kappa shape index (κ3) is 3.93. The summed E-state index contributed by atoms with van der Waals surface area (Å²) < 4.78 is 37.1. The summed E-state index contributed by atoms with van der Waals surface area (Å²) in [6.45, 7) is 1.98. The van der Waals surface area contributed by atoms with Crippen LogP contribution < -0.4 is 14.4 Å². The van der Waals surface area contributed by atoms with Crippen LogP contribution in [0.4, 0.5) is 14.5 Å². The van der Waals surface area contributed by atoms with Gasteiger partial charge >= 0.3 is 0 Å². The topological polar surface area (TPSA) is 42.0 Å². The molecular formula is C19H19ClF2N2O3. The number of hydrogen-bond donors (Lipinski definition) is 0. The molecule has 1 amide bonds. The average molecular weight is 397 g/mol. The van der Waals surface area contributed by atoms with Crippen molar-refractivity contribution >= 4 is 23.2 Å². The quantitative estimate of drug-likeness (QED) is 0.792. The minimum Gasteiger partial charge on any atom is -0.495 e. The van der Waals surface area contributed by atoms with Crippen molar-refractivity contribution in [2.24, 2.45) is 0 Å². The van der Waals surface area contributed by atoms with Crippen molar-refractivity contribution in [3.8, 4) is 11.5 Å². The van der Waals surface area contributed by atoms with Gasteiger partial charge in [-0.25, -0.2) is 8.78 Å². The third-order valence-electron chi connectivity index (χ3n) is 4.53. The zero-order valence-electron chi connectivity index (χ0n) is 15.0. The maximum Gasteiger partial charge on any atom is 0.254 e. The van der Waals surface area contributed by atoms with Gasteiger partial charge in [-0.2, -0.15) is 0 Å². The van der Waals surface area contributed by atoms with E-state index < -0.39 is 11.6 Å². The first-order chi connectivity index (χ1) is 12.9. The van der Waals surface area contributed by atoms with Gasteiger partial charge in [0.05, 0.1) is 24.9 Å². The van der Waals surface area contributed by atoms with Crippen molar-refractivity contribution in [3.05, 3.63) is 52.6 Å². The molecule has 2 aromatic carbocycles. The van der Waals surface area contributed by atoms with Crippen molar-refractivity contribution in [2.75, 3.05) is 45.3 Å². The zero-order valence-corrected chi connectivity index (χ0v) is 15.7. The fourth-order valence-corrected chi connectivity index (χ4v) is 3.28. The normalized spacial score (nSPS) is 14.3. The molecule has 144 valence electrons.